The number of hydrogen-bond acceptors (Lipinski definition) is 2. The van der Waals surface area contributed by atoms with E-state index in [-0.39, 0.29) is 5.56 Å². The van der Waals surface area contributed by atoms with Gasteiger partial charge in [0, 0.05) is 10.4 Å². The van der Waals surface area contributed by atoms with Crippen molar-refractivity contribution in [1.82, 2.24) is 5.32 Å². The van der Waals surface area contributed by atoms with Gasteiger partial charge in [0.1, 0.15) is 11.6 Å². The van der Waals surface area contributed by atoms with Crippen molar-refractivity contribution in [3.05, 3.63) is 54.6 Å². The van der Waals surface area contributed by atoms with Crippen LogP contribution in [-0.4, -0.2) is 6.54 Å². The van der Waals surface area contributed by atoms with E-state index in [9.17, 15) is 8.78 Å². The maximum Gasteiger partial charge on any atom is 0.134 e. The molecule has 1 nitrogen and oxygen atoms in total. The molecule has 0 radical (unpaired) electrons. The molecule has 0 amide bonds. The monoisotopic (exact) mass is 393 g/mol. The Hall–Kier alpha value is -0.490. The summed E-state index contributed by atoms with van der Waals surface area (Å²) in [5, 5.41) is 3.75. The van der Waals surface area contributed by atoms with Gasteiger partial charge >= 0.3 is 0 Å². The normalized spacial score (nSPS) is 12.7. The highest BCUT2D eigenvalue weighted by Gasteiger charge is 2.25. The lowest BCUT2D eigenvalue weighted by atomic mass is 10.0. The highest BCUT2D eigenvalue weighted by molar-refractivity contribution is 9.11. The molecule has 2 rings (SSSR count). The van der Waals surface area contributed by atoms with Gasteiger partial charge in [-0.3, -0.25) is 0 Å². The third-order valence-corrected chi connectivity index (χ3v) is 5.70. The average molecular weight is 395 g/mol. The molecule has 1 unspecified atom stereocenters. The van der Waals surface area contributed by atoms with Gasteiger partial charge in [-0.15, -0.1) is 11.3 Å². The average Bonchev–Trinajstić information content (AvgIpc) is 2.78. The van der Waals surface area contributed by atoms with Crippen LogP contribution in [0, 0.1) is 18.6 Å². The molecule has 0 fully saturated rings. The Morgan fingerprint density at radius 3 is 2.67 bits per heavy atom. The molecule has 0 aliphatic rings. The van der Waals surface area contributed by atoms with Gasteiger partial charge in [0.05, 0.1) is 14.9 Å². The van der Waals surface area contributed by atoms with Crippen molar-refractivity contribution in [1.29, 1.82) is 0 Å². The molecule has 0 spiro atoms. The van der Waals surface area contributed by atoms with E-state index in [1.807, 2.05) is 6.92 Å². The SMILES string of the molecule is CCCNC(c1cc(Cl)c(Br)s1)c1c(F)ccc(C)c1F. The van der Waals surface area contributed by atoms with Crippen molar-refractivity contribution in [2.75, 3.05) is 6.54 Å². The topological polar surface area (TPSA) is 12.0 Å². The zero-order valence-corrected chi connectivity index (χ0v) is 14.8. The summed E-state index contributed by atoms with van der Waals surface area (Å²) < 4.78 is 29.4. The molecule has 0 saturated carbocycles. The van der Waals surface area contributed by atoms with Gasteiger partial charge in [-0.1, -0.05) is 24.6 Å². The van der Waals surface area contributed by atoms with E-state index in [0.29, 0.717) is 17.1 Å². The lowest BCUT2D eigenvalue weighted by molar-refractivity contribution is 0.502. The minimum absolute atomic E-state index is 0.0499. The second-order valence-electron chi connectivity index (χ2n) is 4.75. The minimum atomic E-state index is -0.549. The van der Waals surface area contributed by atoms with Gasteiger partial charge in [-0.2, -0.15) is 0 Å². The third-order valence-electron chi connectivity index (χ3n) is 3.16. The maximum absolute atomic E-state index is 14.4. The second-order valence-corrected chi connectivity index (χ2v) is 7.56. The predicted molar refractivity (Wildman–Crippen MR) is 88.3 cm³/mol. The Labute approximate surface area is 140 Å². The van der Waals surface area contributed by atoms with Gasteiger partial charge in [0.2, 0.25) is 0 Å². The Morgan fingerprint density at radius 2 is 2.10 bits per heavy atom. The lowest BCUT2D eigenvalue weighted by Crippen LogP contribution is -2.24. The lowest BCUT2D eigenvalue weighted by Gasteiger charge is -2.20. The van der Waals surface area contributed by atoms with E-state index in [4.69, 9.17) is 11.6 Å². The van der Waals surface area contributed by atoms with Crippen molar-refractivity contribution >= 4 is 38.9 Å². The van der Waals surface area contributed by atoms with Crippen LogP contribution in [0.25, 0.3) is 0 Å². The van der Waals surface area contributed by atoms with Crippen LogP contribution in [0.3, 0.4) is 0 Å². The summed E-state index contributed by atoms with van der Waals surface area (Å²) >= 11 is 10.8. The smallest absolute Gasteiger partial charge is 0.134 e. The van der Waals surface area contributed by atoms with E-state index in [1.54, 1.807) is 13.0 Å². The molecule has 1 N–H and O–H groups in total. The van der Waals surface area contributed by atoms with Crippen molar-refractivity contribution in [3.63, 3.8) is 0 Å². The fourth-order valence-corrected chi connectivity index (χ4v) is 3.91. The van der Waals surface area contributed by atoms with Crippen molar-refractivity contribution in [2.24, 2.45) is 0 Å². The first-order valence-corrected chi connectivity index (χ1v) is 8.57. The van der Waals surface area contributed by atoms with Crippen LogP contribution < -0.4 is 5.32 Å². The van der Waals surface area contributed by atoms with Gasteiger partial charge in [0.15, 0.2) is 0 Å². The van der Waals surface area contributed by atoms with Gasteiger partial charge in [-0.25, -0.2) is 8.78 Å². The molecule has 0 aliphatic heterocycles. The summed E-state index contributed by atoms with van der Waals surface area (Å²) in [5.41, 5.74) is 0.477. The Morgan fingerprint density at radius 1 is 1.38 bits per heavy atom. The van der Waals surface area contributed by atoms with E-state index in [2.05, 4.69) is 21.2 Å². The molecule has 0 bridgehead atoms. The van der Waals surface area contributed by atoms with Gasteiger partial charge < -0.3 is 5.32 Å². The number of hydrogen-bond donors (Lipinski definition) is 1. The summed E-state index contributed by atoms with van der Waals surface area (Å²) in [6, 6.07) is 3.95. The zero-order chi connectivity index (χ0) is 15.6. The third kappa shape index (κ3) is 3.65. The summed E-state index contributed by atoms with van der Waals surface area (Å²) in [6.45, 7) is 4.29. The molecule has 6 heteroatoms. The predicted octanol–water partition coefficient (Wildman–Crippen LogP) is 5.84. The zero-order valence-electron chi connectivity index (χ0n) is 11.6. The summed E-state index contributed by atoms with van der Waals surface area (Å²) in [7, 11) is 0. The molecule has 114 valence electrons. The fraction of sp³-hybridized carbons (Fsp3) is 0.333. The molecular formula is C15H15BrClF2NS. The molecular weight excluding hydrogens is 380 g/mol. The van der Waals surface area contributed by atoms with Crippen molar-refractivity contribution < 1.29 is 8.78 Å². The van der Waals surface area contributed by atoms with E-state index >= 15 is 0 Å². The first-order valence-electron chi connectivity index (χ1n) is 6.58. The molecule has 0 saturated heterocycles. The minimum Gasteiger partial charge on any atom is -0.305 e. The van der Waals surface area contributed by atoms with Crippen molar-refractivity contribution in [3.8, 4) is 0 Å². The first-order chi connectivity index (χ1) is 9.95. The number of aryl methyl sites for hydroxylation is 1. The summed E-state index contributed by atoms with van der Waals surface area (Å²) in [5.74, 6) is -1.06. The fourth-order valence-electron chi connectivity index (χ4n) is 2.08. The van der Waals surface area contributed by atoms with E-state index < -0.39 is 17.7 Å². The molecule has 2 aromatic rings. The summed E-state index contributed by atoms with van der Waals surface area (Å²) in [4.78, 5) is 0.781. The summed E-state index contributed by atoms with van der Waals surface area (Å²) in [6.07, 6.45) is 0.867. The van der Waals surface area contributed by atoms with Crippen LogP contribution in [0.2, 0.25) is 5.02 Å². The van der Waals surface area contributed by atoms with E-state index in [1.165, 1.54) is 23.5 Å². The number of halogens is 4. The highest BCUT2D eigenvalue weighted by Crippen LogP contribution is 2.39. The van der Waals surface area contributed by atoms with Gasteiger partial charge in [-0.05, 0) is 53.5 Å². The number of rotatable bonds is 5. The van der Waals surface area contributed by atoms with Crippen LogP contribution >= 0.6 is 38.9 Å². The molecule has 1 aromatic carbocycles. The Balaban J connectivity index is 2.53. The molecule has 1 atom stereocenters. The standard InChI is InChI=1S/C15H15BrClF2NS/c1-3-6-20-14(11-7-9(17)15(16)21-11)12-10(18)5-4-8(2)13(12)19/h4-5,7,14,20H,3,6H2,1-2H3. The molecule has 1 heterocycles. The first kappa shape index (κ1) is 16.9. The van der Waals surface area contributed by atoms with E-state index in [0.717, 1.165) is 15.1 Å². The van der Waals surface area contributed by atoms with Crippen LogP contribution in [0.15, 0.2) is 22.0 Å². The molecule has 21 heavy (non-hydrogen) atoms. The Kier molecular flexibility index (Phi) is 5.77. The van der Waals surface area contributed by atoms with Crippen LogP contribution in [0.1, 0.15) is 35.4 Å². The number of thiophene rings is 1. The number of benzene rings is 1. The maximum atomic E-state index is 14.4. The molecule has 1 aromatic heterocycles. The van der Waals surface area contributed by atoms with Gasteiger partial charge in [0.25, 0.3) is 0 Å². The van der Waals surface area contributed by atoms with Crippen LogP contribution in [0.4, 0.5) is 8.78 Å². The Bertz CT molecular complexity index is 625. The number of nitrogens with one attached hydrogen (secondary N) is 1. The quantitative estimate of drug-likeness (QED) is 0.672. The van der Waals surface area contributed by atoms with Crippen LogP contribution in [0.5, 0.6) is 0 Å². The largest absolute Gasteiger partial charge is 0.305 e. The second kappa shape index (κ2) is 7.18. The molecule has 0 aliphatic carbocycles. The van der Waals surface area contributed by atoms with Crippen molar-refractivity contribution in [2.45, 2.75) is 26.3 Å². The van der Waals surface area contributed by atoms with Crippen LogP contribution in [-0.2, 0) is 0 Å². The highest BCUT2D eigenvalue weighted by atomic mass is 79.9.